The van der Waals surface area contributed by atoms with Crippen molar-refractivity contribution in [3.05, 3.63) is 58.1 Å². The molecule has 0 aliphatic rings. The quantitative estimate of drug-likeness (QED) is 0.801. The summed E-state index contributed by atoms with van der Waals surface area (Å²) in [5.74, 6) is 0.567. The Bertz CT molecular complexity index is 672. The Morgan fingerprint density at radius 3 is 2.81 bits per heavy atom. The largest absolute Gasteiger partial charge is 0.489 e. The average Bonchev–Trinajstić information content (AvgIpc) is 2.46. The first-order valence-corrected chi connectivity index (χ1v) is 6.84. The molecule has 0 saturated heterocycles. The fourth-order valence-electron chi connectivity index (χ4n) is 1.73. The van der Waals surface area contributed by atoms with E-state index < -0.39 is 6.09 Å². The summed E-state index contributed by atoms with van der Waals surface area (Å²) in [6.07, 6.45) is -0.370. The molecule has 0 heterocycles. The number of hydrogen-bond donors (Lipinski definition) is 2. The lowest BCUT2D eigenvalue weighted by molar-refractivity contribution is 0.112. The van der Waals surface area contributed by atoms with Gasteiger partial charge in [0.1, 0.15) is 12.4 Å². The molecule has 1 amide bonds. The van der Waals surface area contributed by atoms with Gasteiger partial charge < -0.3 is 9.84 Å². The second-order valence-corrected chi connectivity index (χ2v) is 5.07. The molecular weight excluding hydrogens is 338 g/mol. The molecule has 0 saturated carbocycles. The fourth-order valence-corrected chi connectivity index (χ4v) is 2.07. The second-order valence-electron chi connectivity index (χ2n) is 4.22. The number of rotatable bonds is 5. The monoisotopic (exact) mass is 349 g/mol. The third-order valence-electron chi connectivity index (χ3n) is 2.68. The molecule has 0 radical (unpaired) electrons. The summed E-state index contributed by atoms with van der Waals surface area (Å²) in [4.78, 5) is 21.4. The Labute approximate surface area is 129 Å². The minimum Gasteiger partial charge on any atom is -0.489 e. The lowest BCUT2D eigenvalue weighted by atomic mass is 10.2. The van der Waals surface area contributed by atoms with Gasteiger partial charge in [-0.3, -0.25) is 10.1 Å². The summed E-state index contributed by atoms with van der Waals surface area (Å²) in [7, 11) is 0. The van der Waals surface area contributed by atoms with Gasteiger partial charge in [0.05, 0.1) is 0 Å². The van der Waals surface area contributed by atoms with Crippen molar-refractivity contribution in [2.24, 2.45) is 0 Å². The van der Waals surface area contributed by atoms with Crippen LogP contribution in [-0.4, -0.2) is 17.5 Å². The van der Waals surface area contributed by atoms with Gasteiger partial charge in [-0.2, -0.15) is 0 Å². The molecule has 0 atom stereocenters. The number of nitrogens with one attached hydrogen (secondary N) is 1. The molecule has 0 aliphatic heterocycles. The minimum absolute atomic E-state index is 0.273. The molecule has 21 heavy (non-hydrogen) atoms. The first kappa shape index (κ1) is 15.1. The van der Waals surface area contributed by atoms with Crippen molar-refractivity contribution in [2.45, 2.75) is 6.61 Å². The SMILES string of the molecule is O=Cc1cc(OCc2cccc(NC(=O)O)c2)ccc1Br. The average molecular weight is 350 g/mol. The van der Waals surface area contributed by atoms with Gasteiger partial charge in [-0.25, -0.2) is 4.79 Å². The summed E-state index contributed by atoms with van der Waals surface area (Å²) in [5.41, 5.74) is 1.80. The first-order valence-electron chi connectivity index (χ1n) is 6.05. The Balaban J connectivity index is 2.06. The van der Waals surface area contributed by atoms with Crippen LogP contribution in [0.5, 0.6) is 5.75 Å². The number of carbonyl (C=O) groups is 2. The number of carboxylic acid groups (broad SMARTS) is 1. The standard InChI is InChI=1S/C15H12BrNO4/c16-14-5-4-13(7-11(14)8-18)21-9-10-2-1-3-12(6-10)17-15(19)20/h1-8,17H,9H2,(H,19,20). The van der Waals surface area contributed by atoms with E-state index in [1.807, 2.05) is 6.07 Å². The number of aldehydes is 1. The molecule has 5 nitrogen and oxygen atoms in total. The van der Waals surface area contributed by atoms with Gasteiger partial charge in [-0.05, 0) is 35.9 Å². The van der Waals surface area contributed by atoms with E-state index in [1.54, 1.807) is 36.4 Å². The Morgan fingerprint density at radius 2 is 2.10 bits per heavy atom. The third kappa shape index (κ3) is 4.32. The number of halogens is 1. The zero-order valence-electron chi connectivity index (χ0n) is 10.9. The Hall–Kier alpha value is -2.34. The number of carbonyl (C=O) groups excluding carboxylic acids is 1. The highest BCUT2D eigenvalue weighted by atomic mass is 79.9. The van der Waals surface area contributed by atoms with E-state index in [2.05, 4.69) is 21.2 Å². The van der Waals surface area contributed by atoms with Gasteiger partial charge in [0.25, 0.3) is 0 Å². The van der Waals surface area contributed by atoms with Crippen LogP contribution >= 0.6 is 15.9 Å². The van der Waals surface area contributed by atoms with E-state index in [1.165, 1.54) is 0 Å². The van der Waals surface area contributed by atoms with Crippen molar-refractivity contribution >= 4 is 34.0 Å². The number of benzene rings is 2. The van der Waals surface area contributed by atoms with Crippen molar-refractivity contribution in [3.8, 4) is 5.75 Å². The van der Waals surface area contributed by atoms with Gasteiger partial charge in [0, 0.05) is 15.7 Å². The van der Waals surface area contributed by atoms with Gasteiger partial charge >= 0.3 is 6.09 Å². The van der Waals surface area contributed by atoms with E-state index in [-0.39, 0.29) is 6.61 Å². The van der Waals surface area contributed by atoms with E-state index in [0.29, 0.717) is 21.5 Å². The molecule has 0 aliphatic carbocycles. The van der Waals surface area contributed by atoms with Crippen LogP contribution in [0.1, 0.15) is 15.9 Å². The lowest BCUT2D eigenvalue weighted by Gasteiger charge is -2.09. The van der Waals surface area contributed by atoms with Crippen molar-refractivity contribution < 1.29 is 19.4 Å². The molecule has 108 valence electrons. The van der Waals surface area contributed by atoms with Crippen LogP contribution in [-0.2, 0) is 6.61 Å². The van der Waals surface area contributed by atoms with Crippen LogP contribution < -0.4 is 10.1 Å². The van der Waals surface area contributed by atoms with Crippen LogP contribution in [0.2, 0.25) is 0 Å². The molecule has 0 spiro atoms. The maximum absolute atomic E-state index is 10.9. The van der Waals surface area contributed by atoms with E-state index >= 15 is 0 Å². The summed E-state index contributed by atoms with van der Waals surface area (Å²) in [6, 6.07) is 12.0. The summed E-state index contributed by atoms with van der Waals surface area (Å²) < 4.78 is 6.30. The molecule has 2 rings (SSSR count). The van der Waals surface area contributed by atoms with Crippen molar-refractivity contribution in [1.82, 2.24) is 0 Å². The first-order chi connectivity index (χ1) is 10.1. The topological polar surface area (TPSA) is 75.6 Å². The summed E-state index contributed by atoms with van der Waals surface area (Å²) in [5, 5.41) is 10.9. The molecule has 6 heteroatoms. The van der Waals surface area contributed by atoms with Crippen LogP contribution in [0.15, 0.2) is 46.9 Å². The van der Waals surface area contributed by atoms with Gasteiger partial charge in [0.2, 0.25) is 0 Å². The maximum Gasteiger partial charge on any atom is 0.409 e. The number of ether oxygens (including phenoxy) is 1. The second kappa shape index (κ2) is 6.90. The Morgan fingerprint density at radius 1 is 1.29 bits per heavy atom. The maximum atomic E-state index is 10.9. The highest BCUT2D eigenvalue weighted by molar-refractivity contribution is 9.10. The van der Waals surface area contributed by atoms with Crippen LogP contribution in [0.4, 0.5) is 10.5 Å². The van der Waals surface area contributed by atoms with E-state index in [9.17, 15) is 9.59 Å². The van der Waals surface area contributed by atoms with Gasteiger partial charge in [-0.1, -0.05) is 28.1 Å². The zero-order valence-corrected chi connectivity index (χ0v) is 12.5. The molecule has 0 fully saturated rings. The van der Waals surface area contributed by atoms with Crippen LogP contribution in [0, 0.1) is 0 Å². The van der Waals surface area contributed by atoms with Crippen LogP contribution in [0.3, 0.4) is 0 Å². The van der Waals surface area contributed by atoms with Crippen molar-refractivity contribution in [3.63, 3.8) is 0 Å². The Kier molecular flexibility index (Phi) is 4.94. The minimum atomic E-state index is -1.11. The molecular formula is C15H12BrNO4. The zero-order chi connectivity index (χ0) is 15.2. The normalized spacial score (nSPS) is 9.95. The summed E-state index contributed by atoms with van der Waals surface area (Å²) in [6.45, 7) is 0.273. The number of hydrogen-bond acceptors (Lipinski definition) is 3. The summed E-state index contributed by atoms with van der Waals surface area (Å²) >= 11 is 3.27. The van der Waals surface area contributed by atoms with Gasteiger partial charge in [-0.15, -0.1) is 0 Å². The molecule has 0 bridgehead atoms. The number of anilines is 1. The fraction of sp³-hybridized carbons (Fsp3) is 0.0667. The van der Waals surface area contributed by atoms with Crippen molar-refractivity contribution in [2.75, 3.05) is 5.32 Å². The lowest BCUT2D eigenvalue weighted by Crippen LogP contribution is -2.07. The third-order valence-corrected chi connectivity index (χ3v) is 3.40. The molecule has 2 aromatic rings. The predicted octanol–water partition coefficient (Wildman–Crippen LogP) is 3.93. The predicted molar refractivity (Wildman–Crippen MR) is 82.0 cm³/mol. The highest BCUT2D eigenvalue weighted by Gasteiger charge is 2.03. The van der Waals surface area contributed by atoms with E-state index in [4.69, 9.17) is 9.84 Å². The number of amides is 1. The van der Waals surface area contributed by atoms with Gasteiger partial charge in [0.15, 0.2) is 6.29 Å². The molecule has 0 aromatic heterocycles. The molecule has 2 N–H and O–H groups in total. The molecule has 2 aromatic carbocycles. The smallest absolute Gasteiger partial charge is 0.409 e. The molecule has 0 unspecified atom stereocenters. The highest BCUT2D eigenvalue weighted by Crippen LogP contribution is 2.22. The van der Waals surface area contributed by atoms with E-state index in [0.717, 1.165) is 11.8 Å². The van der Waals surface area contributed by atoms with Crippen molar-refractivity contribution in [1.29, 1.82) is 0 Å². The van der Waals surface area contributed by atoms with Crippen LogP contribution in [0.25, 0.3) is 0 Å².